The fraction of sp³-hybridized carbons (Fsp3) is 0.231. The summed E-state index contributed by atoms with van der Waals surface area (Å²) in [5.41, 5.74) is 2.97. The van der Waals surface area contributed by atoms with E-state index >= 15 is 0 Å². The van der Waals surface area contributed by atoms with Crippen LogP contribution < -0.4 is 0 Å². The topological polar surface area (TPSA) is 43.1 Å². The molecule has 4 aromatic rings. The smallest absolute Gasteiger partial charge is 0.253 e. The van der Waals surface area contributed by atoms with Crippen molar-refractivity contribution >= 4 is 5.91 Å². The highest BCUT2D eigenvalue weighted by atomic mass is 16.2. The van der Waals surface area contributed by atoms with E-state index in [1.807, 2.05) is 82.7 Å². The van der Waals surface area contributed by atoms with Crippen molar-refractivity contribution in [2.24, 2.45) is 5.92 Å². The van der Waals surface area contributed by atoms with Crippen LogP contribution in [0.15, 0.2) is 91.5 Å². The molecule has 0 unspecified atom stereocenters. The molecule has 0 N–H and O–H groups in total. The molecule has 5 heteroatoms. The minimum Gasteiger partial charge on any atom is -0.339 e. The van der Waals surface area contributed by atoms with Gasteiger partial charge in [-0.1, -0.05) is 30.3 Å². The first-order chi connectivity index (χ1) is 15.3. The maximum atomic E-state index is 13.0. The number of hydrogen-bond donors (Lipinski definition) is 0. The van der Waals surface area contributed by atoms with Gasteiger partial charge in [0, 0.05) is 61.2 Å². The van der Waals surface area contributed by atoms with E-state index in [0.717, 1.165) is 55.1 Å². The Hall–Kier alpha value is -3.60. The van der Waals surface area contributed by atoms with Gasteiger partial charge in [0.05, 0.1) is 0 Å². The van der Waals surface area contributed by atoms with Crippen LogP contribution in [0, 0.1) is 5.92 Å². The molecule has 2 aromatic carbocycles. The second-order valence-corrected chi connectivity index (χ2v) is 8.14. The van der Waals surface area contributed by atoms with Gasteiger partial charge in [-0.05, 0) is 55.2 Å². The molecule has 5 nitrogen and oxygen atoms in total. The Labute approximate surface area is 182 Å². The van der Waals surface area contributed by atoms with E-state index in [0.29, 0.717) is 5.92 Å². The average Bonchev–Trinajstić information content (AvgIpc) is 3.52. The predicted octanol–water partition coefficient (Wildman–Crippen LogP) is 4.89. The zero-order valence-corrected chi connectivity index (χ0v) is 17.5. The van der Waals surface area contributed by atoms with Crippen LogP contribution in [0.5, 0.6) is 0 Å². The van der Waals surface area contributed by atoms with Gasteiger partial charge in [-0.2, -0.15) is 0 Å². The quantitative estimate of drug-likeness (QED) is 0.470. The molecule has 1 fully saturated rings. The van der Waals surface area contributed by atoms with Crippen molar-refractivity contribution in [1.29, 1.82) is 0 Å². The van der Waals surface area contributed by atoms with E-state index in [4.69, 9.17) is 0 Å². The molecule has 0 saturated carbocycles. The number of piperidine rings is 1. The molecule has 156 valence electrons. The number of imidazole rings is 1. The third-order valence-electron chi connectivity index (χ3n) is 6.12. The monoisotopic (exact) mass is 410 g/mol. The highest BCUT2D eigenvalue weighted by molar-refractivity contribution is 5.94. The van der Waals surface area contributed by atoms with Gasteiger partial charge in [0.2, 0.25) is 0 Å². The fourth-order valence-electron chi connectivity index (χ4n) is 4.37. The Morgan fingerprint density at radius 2 is 1.58 bits per heavy atom. The van der Waals surface area contributed by atoms with Gasteiger partial charge in [0.15, 0.2) is 0 Å². The molecule has 0 spiro atoms. The van der Waals surface area contributed by atoms with Crippen LogP contribution >= 0.6 is 0 Å². The van der Waals surface area contributed by atoms with Gasteiger partial charge in [-0.25, -0.2) is 4.98 Å². The van der Waals surface area contributed by atoms with Gasteiger partial charge >= 0.3 is 0 Å². The van der Waals surface area contributed by atoms with E-state index < -0.39 is 0 Å². The Morgan fingerprint density at radius 3 is 2.29 bits per heavy atom. The van der Waals surface area contributed by atoms with Crippen molar-refractivity contribution in [2.45, 2.75) is 19.4 Å². The van der Waals surface area contributed by atoms with E-state index in [2.05, 4.69) is 27.9 Å². The lowest BCUT2D eigenvalue weighted by atomic mass is 9.96. The van der Waals surface area contributed by atoms with Gasteiger partial charge in [0.1, 0.15) is 5.82 Å². The Kier molecular flexibility index (Phi) is 5.40. The molecule has 0 atom stereocenters. The molecule has 3 heterocycles. The first-order valence-electron chi connectivity index (χ1n) is 10.9. The maximum absolute atomic E-state index is 13.0. The van der Waals surface area contributed by atoms with Crippen molar-refractivity contribution in [2.75, 3.05) is 13.1 Å². The first kappa shape index (κ1) is 19.4. The summed E-state index contributed by atoms with van der Waals surface area (Å²) in [6.07, 6.45) is 9.97. The highest BCUT2D eigenvalue weighted by Gasteiger charge is 2.24. The molecule has 1 amide bonds. The SMILES string of the molecule is O=C(c1ccc(-n2cccc2)cc1)N1CCC(Cn2ccnc2-c2ccccc2)CC1. The van der Waals surface area contributed by atoms with Crippen LogP contribution in [0.25, 0.3) is 17.1 Å². The summed E-state index contributed by atoms with van der Waals surface area (Å²) in [7, 11) is 0. The molecule has 1 aliphatic rings. The summed E-state index contributed by atoms with van der Waals surface area (Å²) in [6.45, 7) is 2.55. The molecule has 0 aliphatic carbocycles. The van der Waals surface area contributed by atoms with Crippen LogP contribution in [-0.4, -0.2) is 38.0 Å². The lowest BCUT2D eigenvalue weighted by Crippen LogP contribution is -2.39. The number of likely N-dealkylation sites (tertiary alicyclic amines) is 1. The summed E-state index contributed by atoms with van der Waals surface area (Å²) >= 11 is 0. The maximum Gasteiger partial charge on any atom is 0.253 e. The predicted molar refractivity (Wildman–Crippen MR) is 122 cm³/mol. The first-order valence-corrected chi connectivity index (χ1v) is 10.9. The number of rotatable bonds is 5. The second kappa shape index (κ2) is 8.64. The summed E-state index contributed by atoms with van der Waals surface area (Å²) in [5, 5.41) is 0. The van der Waals surface area contributed by atoms with Crippen LogP contribution in [0.2, 0.25) is 0 Å². The van der Waals surface area contributed by atoms with Crippen LogP contribution in [0.1, 0.15) is 23.2 Å². The van der Waals surface area contributed by atoms with Gasteiger partial charge < -0.3 is 14.0 Å². The van der Waals surface area contributed by atoms with Crippen molar-refractivity contribution in [3.63, 3.8) is 0 Å². The van der Waals surface area contributed by atoms with Crippen LogP contribution in [0.3, 0.4) is 0 Å². The Morgan fingerprint density at radius 1 is 0.871 bits per heavy atom. The number of carbonyl (C=O) groups excluding carboxylic acids is 1. The number of benzene rings is 2. The van der Waals surface area contributed by atoms with Crippen LogP contribution in [-0.2, 0) is 6.54 Å². The highest BCUT2D eigenvalue weighted by Crippen LogP contribution is 2.24. The number of hydrogen-bond acceptors (Lipinski definition) is 2. The largest absolute Gasteiger partial charge is 0.339 e. The van der Waals surface area contributed by atoms with E-state index in [1.165, 1.54) is 0 Å². The van der Waals surface area contributed by atoms with Crippen molar-refractivity contribution in [3.8, 4) is 17.1 Å². The van der Waals surface area contributed by atoms with Crippen molar-refractivity contribution in [3.05, 3.63) is 97.1 Å². The lowest BCUT2D eigenvalue weighted by Gasteiger charge is -2.32. The number of nitrogens with zero attached hydrogens (tertiary/aromatic N) is 4. The third-order valence-corrected chi connectivity index (χ3v) is 6.12. The standard InChI is InChI=1S/C26H26N4O/c31-26(23-8-10-24(11-9-23)28-15-4-5-16-28)29-17-12-21(13-18-29)20-30-19-14-27-25(30)22-6-2-1-3-7-22/h1-11,14-16,19,21H,12-13,17-18,20H2. The third kappa shape index (κ3) is 4.17. The summed E-state index contributed by atoms with van der Waals surface area (Å²) in [5.74, 6) is 1.70. The van der Waals surface area contributed by atoms with E-state index in [1.54, 1.807) is 0 Å². The van der Waals surface area contributed by atoms with Gasteiger partial charge in [-0.3, -0.25) is 4.79 Å². The van der Waals surface area contributed by atoms with E-state index in [9.17, 15) is 4.79 Å². The van der Waals surface area contributed by atoms with Crippen LogP contribution in [0.4, 0.5) is 0 Å². The fourth-order valence-corrected chi connectivity index (χ4v) is 4.37. The molecule has 0 bridgehead atoms. The zero-order chi connectivity index (χ0) is 21.0. The molecular formula is C26H26N4O. The number of amides is 1. The molecule has 1 saturated heterocycles. The molecule has 5 rings (SSSR count). The van der Waals surface area contributed by atoms with Crippen molar-refractivity contribution < 1.29 is 4.79 Å². The molecule has 0 radical (unpaired) electrons. The summed E-state index contributed by atoms with van der Waals surface area (Å²) < 4.78 is 4.29. The Bertz CT molecular complexity index is 1120. The van der Waals surface area contributed by atoms with Gasteiger partial charge in [-0.15, -0.1) is 0 Å². The van der Waals surface area contributed by atoms with E-state index in [-0.39, 0.29) is 5.91 Å². The second-order valence-electron chi connectivity index (χ2n) is 8.14. The molecular weight excluding hydrogens is 384 g/mol. The molecule has 1 aliphatic heterocycles. The number of aromatic nitrogens is 3. The molecule has 31 heavy (non-hydrogen) atoms. The lowest BCUT2D eigenvalue weighted by molar-refractivity contribution is 0.0683. The minimum atomic E-state index is 0.130. The van der Waals surface area contributed by atoms with Crippen molar-refractivity contribution in [1.82, 2.24) is 19.0 Å². The minimum absolute atomic E-state index is 0.130. The Balaban J connectivity index is 1.19. The average molecular weight is 411 g/mol. The van der Waals surface area contributed by atoms with Gasteiger partial charge in [0.25, 0.3) is 5.91 Å². The normalized spacial score (nSPS) is 14.6. The molecule has 2 aromatic heterocycles. The number of carbonyl (C=O) groups is 1. The zero-order valence-electron chi connectivity index (χ0n) is 17.5. The summed E-state index contributed by atoms with van der Waals surface area (Å²) in [6, 6.07) is 22.2. The summed E-state index contributed by atoms with van der Waals surface area (Å²) in [4.78, 5) is 19.5.